The number of ether oxygens (including phenoxy) is 2. The number of rotatable bonds is 7. The number of hydrogen-bond acceptors (Lipinski definition) is 8. The molecule has 1 aliphatic rings. The molecule has 6 rings (SSSR count). The van der Waals surface area contributed by atoms with Crippen LogP contribution in [0.3, 0.4) is 0 Å². The predicted molar refractivity (Wildman–Crippen MR) is 171 cm³/mol. The van der Waals surface area contributed by atoms with E-state index in [1.54, 1.807) is 24.5 Å². The molecule has 0 spiro atoms. The lowest BCUT2D eigenvalue weighted by molar-refractivity contribution is 0.122. The molecule has 0 unspecified atom stereocenters. The van der Waals surface area contributed by atoms with Gasteiger partial charge in [-0.05, 0) is 38.1 Å². The monoisotopic (exact) mass is 598 g/mol. The van der Waals surface area contributed by atoms with Gasteiger partial charge in [-0.1, -0.05) is 26.3 Å². The number of fused-ring (bicyclic) bond motifs is 1. The molecule has 0 amide bonds. The van der Waals surface area contributed by atoms with Crippen molar-refractivity contribution in [3.63, 3.8) is 0 Å². The Balaban J connectivity index is 0.00000123. The van der Waals surface area contributed by atoms with Gasteiger partial charge in [-0.3, -0.25) is 9.97 Å². The van der Waals surface area contributed by atoms with Gasteiger partial charge in [0.2, 0.25) is 5.88 Å². The van der Waals surface area contributed by atoms with E-state index >= 15 is 4.39 Å². The third kappa shape index (κ3) is 6.75. The van der Waals surface area contributed by atoms with Crippen LogP contribution in [0.15, 0.2) is 67.1 Å². The molecule has 228 valence electrons. The smallest absolute Gasteiger partial charge is 0.213 e. The molecule has 1 N–H and O–H groups in total. The minimum atomic E-state index is -0.716. The Bertz CT molecular complexity index is 1710. The van der Waals surface area contributed by atoms with E-state index in [0.717, 1.165) is 30.4 Å². The molecule has 4 aromatic heterocycles. The number of nitrogens with zero attached hydrogens (tertiary/aromatic N) is 5. The Morgan fingerprint density at radius 3 is 2.41 bits per heavy atom. The van der Waals surface area contributed by atoms with E-state index in [1.165, 1.54) is 12.5 Å². The highest BCUT2D eigenvalue weighted by Crippen LogP contribution is 2.39. The Labute approximate surface area is 256 Å². The molecule has 0 saturated carbocycles. The fourth-order valence-electron chi connectivity index (χ4n) is 4.98. The maximum Gasteiger partial charge on any atom is 0.213 e. The van der Waals surface area contributed by atoms with E-state index in [4.69, 9.17) is 14.5 Å². The normalized spacial score (nSPS) is 12.9. The maximum atomic E-state index is 15.4. The first-order valence-corrected chi connectivity index (χ1v) is 14.8. The molecule has 1 saturated heterocycles. The number of hydrogen-bond donors (Lipinski definition) is 1. The third-order valence-electron chi connectivity index (χ3n) is 6.97. The Morgan fingerprint density at radius 1 is 0.932 bits per heavy atom. The quantitative estimate of drug-likeness (QED) is 0.204. The molecule has 1 fully saturated rings. The number of aromatic nitrogens is 4. The number of nitrogens with one attached hydrogen (secondary N) is 1. The summed E-state index contributed by atoms with van der Waals surface area (Å²) in [6.45, 7) is 11.2. The molecule has 0 bridgehead atoms. The molecular formula is C34H36F2N6O2. The van der Waals surface area contributed by atoms with Gasteiger partial charge in [0.1, 0.15) is 11.6 Å². The van der Waals surface area contributed by atoms with Gasteiger partial charge in [0.05, 0.1) is 71.1 Å². The summed E-state index contributed by atoms with van der Waals surface area (Å²) >= 11 is 0. The van der Waals surface area contributed by atoms with Crippen molar-refractivity contribution in [2.75, 3.05) is 43.1 Å². The fraction of sp³-hybridized carbons (Fsp3) is 0.294. The Hall–Kier alpha value is -4.70. The summed E-state index contributed by atoms with van der Waals surface area (Å²) in [5.41, 5.74) is 5.29. The van der Waals surface area contributed by atoms with Gasteiger partial charge in [0, 0.05) is 54.8 Å². The standard InChI is InChI=1S/C31H28F2N6O2.C3H8/c1-3-41-27-8-7-20(17-35-27)31-26(16-22(18-36-31)39-10-12-40-13-11-39)38-30-19(2)29(24-6-4-5-9-34-24)37-25-15-21(32)14-23(33)28(25)30;1-3-2/h4-9,14-18H,3,10-13H2,1-2H3,(H,37,38);3H2,1-2H3. The summed E-state index contributed by atoms with van der Waals surface area (Å²) in [6, 6.07) is 13.2. The largest absolute Gasteiger partial charge is 0.478 e. The zero-order valence-corrected chi connectivity index (χ0v) is 25.4. The molecule has 5 heterocycles. The number of halogens is 2. The van der Waals surface area contributed by atoms with Crippen LogP contribution in [-0.4, -0.2) is 52.8 Å². The zero-order chi connectivity index (χ0) is 31.1. The van der Waals surface area contributed by atoms with E-state index < -0.39 is 11.6 Å². The van der Waals surface area contributed by atoms with Gasteiger partial charge in [-0.2, -0.15) is 0 Å². The van der Waals surface area contributed by atoms with Crippen LogP contribution in [0.2, 0.25) is 0 Å². The van der Waals surface area contributed by atoms with Gasteiger partial charge in [0.25, 0.3) is 0 Å². The number of anilines is 3. The maximum absolute atomic E-state index is 15.4. The van der Waals surface area contributed by atoms with Crippen molar-refractivity contribution < 1.29 is 18.3 Å². The van der Waals surface area contributed by atoms with Crippen LogP contribution in [0.5, 0.6) is 5.88 Å². The molecule has 1 aliphatic heterocycles. The van der Waals surface area contributed by atoms with Crippen LogP contribution in [0.25, 0.3) is 33.5 Å². The summed E-state index contributed by atoms with van der Waals surface area (Å²) in [5.74, 6) is -0.913. The average molecular weight is 599 g/mol. The SMILES string of the molecule is CCC.CCOc1ccc(-c2ncc(N3CCOCC3)cc2Nc2c(C)c(-c3ccccn3)nc3cc(F)cc(F)c23)cn1. The lowest BCUT2D eigenvalue weighted by Crippen LogP contribution is -2.36. The number of benzene rings is 1. The highest BCUT2D eigenvalue weighted by Gasteiger charge is 2.21. The lowest BCUT2D eigenvalue weighted by Gasteiger charge is -2.29. The molecule has 8 nitrogen and oxygen atoms in total. The van der Waals surface area contributed by atoms with Gasteiger partial charge < -0.3 is 19.7 Å². The lowest BCUT2D eigenvalue weighted by atomic mass is 10.0. The molecule has 0 aliphatic carbocycles. The topological polar surface area (TPSA) is 85.3 Å². The van der Waals surface area contributed by atoms with E-state index in [-0.39, 0.29) is 10.9 Å². The molecule has 0 radical (unpaired) electrons. The van der Waals surface area contributed by atoms with E-state index in [2.05, 4.69) is 39.0 Å². The predicted octanol–water partition coefficient (Wildman–Crippen LogP) is 7.74. The zero-order valence-electron chi connectivity index (χ0n) is 25.4. The second kappa shape index (κ2) is 14.2. The van der Waals surface area contributed by atoms with Gasteiger partial charge in [0.15, 0.2) is 0 Å². The van der Waals surface area contributed by atoms with Crippen molar-refractivity contribution in [3.8, 4) is 28.5 Å². The van der Waals surface area contributed by atoms with Crippen LogP contribution in [-0.2, 0) is 4.74 Å². The second-order valence-electron chi connectivity index (χ2n) is 10.3. The van der Waals surface area contributed by atoms with Crippen molar-refractivity contribution in [2.45, 2.75) is 34.1 Å². The number of pyridine rings is 4. The Morgan fingerprint density at radius 2 is 1.73 bits per heavy atom. The Kier molecular flexibility index (Phi) is 9.91. The van der Waals surface area contributed by atoms with Crippen molar-refractivity contribution in [1.82, 2.24) is 19.9 Å². The summed E-state index contributed by atoms with van der Waals surface area (Å²) in [4.78, 5) is 20.5. The van der Waals surface area contributed by atoms with Crippen molar-refractivity contribution >= 4 is 28.0 Å². The van der Waals surface area contributed by atoms with Crippen LogP contribution >= 0.6 is 0 Å². The molecule has 0 atom stereocenters. The molecule has 1 aromatic carbocycles. The average Bonchev–Trinajstić information content (AvgIpc) is 3.04. The van der Waals surface area contributed by atoms with Crippen molar-refractivity contribution in [3.05, 3.63) is 84.3 Å². The van der Waals surface area contributed by atoms with Gasteiger partial charge >= 0.3 is 0 Å². The van der Waals surface area contributed by atoms with Crippen molar-refractivity contribution in [2.24, 2.45) is 0 Å². The molecular weight excluding hydrogens is 562 g/mol. The van der Waals surface area contributed by atoms with E-state index in [9.17, 15) is 4.39 Å². The highest BCUT2D eigenvalue weighted by atomic mass is 19.1. The van der Waals surface area contributed by atoms with Crippen LogP contribution in [0.1, 0.15) is 32.8 Å². The first-order chi connectivity index (χ1) is 21.4. The summed E-state index contributed by atoms with van der Waals surface area (Å²) < 4.78 is 40.8. The third-order valence-corrected chi connectivity index (χ3v) is 6.97. The number of morpholine rings is 1. The second-order valence-corrected chi connectivity index (χ2v) is 10.3. The molecule has 10 heteroatoms. The van der Waals surface area contributed by atoms with E-state index in [1.807, 2.05) is 44.3 Å². The fourth-order valence-corrected chi connectivity index (χ4v) is 4.98. The summed E-state index contributed by atoms with van der Waals surface area (Å²) in [7, 11) is 0. The van der Waals surface area contributed by atoms with Crippen LogP contribution < -0.4 is 15.0 Å². The molecule has 5 aromatic rings. The van der Waals surface area contributed by atoms with Gasteiger partial charge in [-0.25, -0.2) is 18.7 Å². The summed E-state index contributed by atoms with van der Waals surface area (Å²) in [6.07, 6.45) is 6.42. The summed E-state index contributed by atoms with van der Waals surface area (Å²) in [5, 5.41) is 3.64. The van der Waals surface area contributed by atoms with Gasteiger partial charge in [-0.15, -0.1) is 0 Å². The first-order valence-electron chi connectivity index (χ1n) is 14.8. The minimum absolute atomic E-state index is 0.177. The first kappa shape index (κ1) is 30.7. The highest BCUT2D eigenvalue weighted by molar-refractivity contribution is 5.99. The van der Waals surface area contributed by atoms with Crippen LogP contribution in [0, 0.1) is 18.6 Å². The van der Waals surface area contributed by atoms with Crippen molar-refractivity contribution in [1.29, 1.82) is 0 Å². The van der Waals surface area contributed by atoms with E-state index in [0.29, 0.717) is 59.7 Å². The van der Waals surface area contributed by atoms with Crippen LogP contribution in [0.4, 0.5) is 25.8 Å². The molecule has 44 heavy (non-hydrogen) atoms. The minimum Gasteiger partial charge on any atom is -0.478 e.